The Kier molecular flexibility index (Phi) is 6.05. The molecule has 4 N–H and O–H groups in total. The Morgan fingerprint density at radius 1 is 1.19 bits per heavy atom. The molecule has 4 rings (SSSR count). The van der Waals surface area contributed by atoms with Gasteiger partial charge in [-0.3, -0.25) is 15.0 Å². The van der Waals surface area contributed by atoms with E-state index in [0.29, 0.717) is 30.8 Å². The summed E-state index contributed by atoms with van der Waals surface area (Å²) in [5, 5.41) is 4.23. The van der Waals surface area contributed by atoms with E-state index >= 15 is 0 Å². The highest BCUT2D eigenvalue weighted by atomic mass is 19.1. The van der Waals surface area contributed by atoms with Crippen LogP contribution < -0.4 is 16.6 Å². The number of amides is 1. The Morgan fingerprint density at radius 3 is 2.56 bits per heavy atom. The fourth-order valence-electron chi connectivity index (χ4n) is 4.45. The van der Waals surface area contributed by atoms with Gasteiger partial charge in [0.05, 0.1) is 17.4 Å². The number of hydrogen-bond donors (Lipinski definition) is 3. The maximum Gasteiger partial charge on any atom is 0.241 e. The number of ketones is 1. The molecule has 3 heterocycles. The highest BCUT2D eigenvalue weighted by Gasteiger charge is 2.39. The fourth-order valence-corrected chi connectivity index (χ4v) is 4.45. The Bertz CT molecular complexity index is 997. The number of nitrogens with one attached hydrogen (secondary N) is 2. The Balaban J connectivity index is 1.44. The standard InChI is InChI=1S/C23H31FN6O2/c1-23(2,3)19-11-18(27-28-19)22(32)29-10-4-5-14(13-29)20(31)17-12-26-30(21(17)25)16-8-6-15(24)7-9-16/h6-9,12,14,18-19,27-28H,4-5,10-11,13,25H2,1-3H3. The molecule has 0 spiro atoms. The summed E-state index contributed by atoms with van der Waals surface area (Å²) in [5.74, 6) is -0.549. The molecular weight excluding hydrogens is 411 g/mol. The summed E-state index contributed by atoms with van der Waals surface area (Å²) in [6.07, 6.45) is 3.63. The lowest BCUT2D eigenvalue weighted by atomic mass is 9.84. The summed E-state index contributed by atoms with van der Waals surface area (Å²) >= 11 is 0. The van der Waals surface area contributed by atoms with E-state index in [1.54, 1.807) is 17.0 Å². The minimum absolute atomic E-state index is 0.0247. The van der Waals surface area contributed by atoms with Crippen molar-refractivity contribution >= 4 is 17.5 Å². The van der Waals surface area contributed by atoms with Gasteiger partial charge in [-0.2, -0.15) is 5.10 Å². The van der Waals surface area contributed by atoms with E-state index in [9.17, 15) is 14.0 Å². The van der Waals surface area contributed by atoms with Crippen LogP contribution in [0.3, 0.4) is 0 Å². The topological polar surface area (TPSA) is 105 Å². The number of carbonyl (C=O) groups excluding carboxylic acids is 2. The van der Waals surface area contributed by atoms with Crippen molar-refractivity contribution in [2.75, 3.05) is 18.8 Å². The number of halogens is 1. The normalized spacial score (nSPS) is 24.0. The monoisotopic (exact) mass is 442 g/mol. The van der Waals surface area contributed by atoms with Crippen LogP contribution in [0.2, 0.25) is 0 Å². The van der Waals surface area contributed by atoms with Crippen LogP contribution in [0.5, 0.6) is 0 Å². The van der Waals surface area contributed by atoms with Crippen LogP contribution in [0, 0.1) is 17.2 Å². The quantitative estimate of drug-likeness (QED) is 0.628. The zero-order valence-electron chi connectivity index (χ0n) is 18.8. The molecule has 2 fully saturated rings. The number of benzene rings is 1. The third kappa shape index (κ3) is 4.40. The van der Waals surface area contributed by atoms with Gasteiger partial charge in [0.1, 0.15) is 17.7 Å². The SMILES string of the molecule is CC(C)(C)C1CC(C(=O)N2CCCC(C(=O)c3cnn(-c4ccc(F)cc4)c3N)C2)NN1. The van der Waals surface area contributed by atoms with Gasteiger partial charge in [-0.25, -0.2) is 14.5 Å². The zero-order valence-corrected chi connectivity index (χ0v) is 18.8. The average Bonchev–Trinajstić information content (AvgIpc) is 3.41. The summed E-state index contributed by atoms with van der Waals surface area (Å²) < 4.78 is 14.6. The zero-order chi connectivity index (χ0) is 23.0. The van der Waals surface area contributed by atoms with Crippen molar-refractivity contribution in [2.45, 2.75) is 52.1 Å². The molecule has 8 nitrogen and oxygen atoms in total. The number of nitrogen functional groups attached to an aromatic ring is 1. The molecule has 2 saturated heterocycles. The predicted octanol–water partition coefficient (Wildman–Crippen LogP) is 2.30. The first-order valence-corrected chi connectivity index (χ1v) is 11.1. The molecule has 3 atom stereocenters. The van der Waals surface area contributed by atoms with Crippen LogP contribution >= 0.6 is 0 Å². The third-order valence-electron chi connectivity index (χ3n) is 6.49. The number of hydrogen-bond acceptors (Lipinski definition) is 6. The molecule has 1 aromatic heterocycles. The molecule has 1 amide bonds. The highest BCUT2D eigenvalue weighted by Crippen LogP contribution is 2.28. The van der Waals surface area contributed by atoms with Gasteiger partial charge in [0, 0.05) is 25.0 Å². The lowest BCUT2D eigenvalue weighted by molar-refractivity contribution is -0.134. The number of nitrogens with two attached hydrogens (primary N) is 1. The molecule has 2 aliphatic heterocycles. The minimum atomic E-state index is -0.358. The predicted molar refractivity (Wildman–Crippen MR) is 119 cm³/mol. The number of rotatable bonds is 4. The summed E-state index contributed by atoms with van der Waals surface area (Å²) in [6.45, 7) is 7.45. The van der Waals surface area contributed by atoms with Gasteiger partial charge in [0.2, 0.25) is 5.91 Å². The number of nitrogens with zero attached hydrogens (tertiary/aromatic N) is 3. The third-order valence-corrected chi connectivity index (χ3v) is 6.49. The minimum Gasteiger partial charge on any atom is -0.383 e. The van der Waals surface area contributed by atoms with Crippen LogP contribution in [0.15, 0.2) is 30.5 Å². The Hall–Kier alpha value is -2.78. The maximum absolute atomic E-state index is 13.2. The molecule has 0 bridgehead atoms. The molecule has 0 radical (unpaired) electrons. The van der Waals surface area contributed by atoms with Crippen molar-refractivity contribution in [2.24, 2.45) is 11.3 Å². The lowest BCUT2D eigenvalue weighted by Crippen LogP contribution is -2.50. The van der Waals surface area contributed by atoms with E-state index in [4.69, 9.17) is 5.73 Å². The Labute approximate surface area is 187 Å². The first kappa shape index (κ1) is 22.4. The number of likely N-dealkylation sites (tertiary alicyclic amines) is 1. The smallest absolute Gasteiger partial charge is 0.241 e. The summed E-state index contributed by atoms with van der Waals surface area (Å²) in [4.78, 5) is 28.1. The molecule has 9 heteroatoms. The van der Waals surface area contributed by atoms with E-state index in [-0.39, 0.29) is 46.7 Å². The average molecular weight is 443 g/mol. The van der Waals surface area contributed by atoms with E-state index in [1.165, 1.54) is 23.0 Å². The van der Waals surface area contributed by atoms with Crippen molar-refractivity contribution < 1.29 is 14.0 Å². The van der Waals surface area contributed by atoms with E-state index in [1.807, 2.05) is 0 Å². The maximum atomic E-state index is 13.2. The van der Waals surface area contributed by atoms with Crippen molar-refractivity contribution in [1.29, 1.82) is 0 Å². The summed E-state index contributed by atoms with van der Waals surface area (Å²) in [5.41, 5.74) is 13.6. The van der Waals surface area contributed by atoms with E-state index in [2.05, 4.69) is 36.7 Å². The van der Waals surface area contributed by atoms with Crippen molar-refractivity contribution in [3.63, 3.8) is 0 Å². The lowest BCUT2D eigenvalue weighted by Gasteiger charge is -2.33. The second-order valence-electron chi connectivity index (χ2n) is 9.81. The second kappa shape index (κ2) is 8.63. The molecule has 172 valence electrons. The van der Waals surface area contributed by atoms with Crippen LogP contribution in [0.1, 0.15) is 50.4 Å². The van der Waals surface area contributed by atoms with Crippen LogP contribution in [-0.4, -0.2) is 51.5 Å². The van der Waals surface area contributed by atoms with Crippen molar-refractivity contribution in [3.05, 3.63) is 41.8 Å². The summed E-state index contributed by atoms with van der Waals surface area (Å²) in [6, 6.07) is 5.66. The van der Waals surface area contributed by atoms with E-state index in [0.717, 1.165) is 12.8 Å². The number of hydrazine groups is 1. The van der Waals surface area contributed by atoms with Gasteiger partial charge in [0.25, 0.3) is 0 Å². The molecule has 0 saturated carbocycles. The largest absolute Gasteiger partial charge is 0.383 e. The van der Waals surface area contributed by atoms with Crippen molar-refractivity contribution in [1.82, 2.24) is 25.5 Å². The van der Waals surface area contributed by atoms with Gasteiger partial charge >= 0.3 is 0 Å². The van der Waals surface area contributed by atoms with Gasteiger partial charge in [0.15, 0.2) is 5.78 Å². The molecule has 1 aromatic carbocycles. The first-order chi connectivity index (χ1) is 15.1. The van der Waals surface area contributed by atoms with Gasteiger partial charge in [-0.15, -0.1) is 0 Å². The van der Waals surface area contributed by atoms with Crippen LogP contribution in [0.25, 0.3) is 5.69 Å². The van der Waals surface area contributed by atoms with Crippen molar-refractivity contribution in [3.8, 4) is 5.69 Å². The van der Waals surface area contributed by atoms with Gasteiger partial charge in [-0.1, -0.05) is 20.8 Å². The molecular formula is C23H31FN6O2. The summed E-state index contributed by atoms with van der Waals surface area (Å²) in [7, 11) is 0. The fraction of sp³-hybridized carbons (Fsp3) is 0.522. The van der Waals surface area contributed by atoms with Crippen LogP contribution in [-0.2, 0) is 4.79 Å². The number of aromatic nitrogens is 2. The van der Waals surface area contributed by atoms with Gasteiger partial charge in [-0.05, 0) is 48.9 Å². The molecule has 0 aliphatic carbocycles. The molecule has 32 heavy (non-hydrogen) atoms. The highest BCUT2D eigenvalue weighted by molar-refractivity contribution is 6.02. The van der Waals surface area contributed by atoms with E-state index < -0.39 is 0 Å². The van der Waals surface area contributed by atoms with Gasteiger partial charge < -0.3 is 10.6 Å². The number of carbonyl (C=O) groups is 2. The number of anilines is 1. The Morgan fingerprint density at radius 2 is 1.91 bits per heavy atom. The molecule has 3 unspecified atom stereocenters. The molecule has 2 aromatic rings. The molecule has 2 aliphatic rings. The number of Topliss-reactive ketones (excluding diaryl/α,β-unsaturated/α-hetero) is 1. The second-order valence-corrected chi connectivity index (χ2v) is 9.81. The first-order valence-electron chi connectivity index (χ1n) is 11.1. The van der Waals surface area contributed by atoms with Crippen LogP contribution in [0.4, 0.5) is 10.2 Å². The number of piperidine rings is 1.